The van der Waals surface area contributed by atoms with Gasteiger partial charge in [0.1, 0.15) is 5.78 Å². The number of likely N-dealkylation sites (tertiary alicyclic amines) is 1. The maximum Gasteiger partial charge on any atom is 0.129 e. The van der Waals surface area contributed by atoms with Crippen LogP contribution in [0.2, 0.25) is 0 Å². The Balaban J connectivity index is 2.35. The Morgan fingerprint density at radius 1 is 1.54 bits per heavy atom. The van der Waals surface area contributed by atoms with E-state index in [0.717, 1.165) is 12.8 Å². The molecule has 1 aliphatic rings. The number of hydrogen-bond donors (Lipinski definition) is 0. The van der Waals surface area contributed by atoms with Crippen LogP contribution in [0.4, 0.5) is 0 Å². The van der Waals surface area contributed by atoms with Gasteiger partial charge in [0.2, 0.25) is 0 Å². The van der Waals surface area contributed by atoms with Gasteiger partial charge in [-0.05, 0) is 46.6 Å². The van der Waals surface area contributed by atoms with Crippen molar-refractivity contribution in [2.75, 3.05) is 6.54 Å². The zero-order chi connectivity index (χ0) is 9.84. The summed E-state index contributed by atoms with van der Waals surface area (Å²) in [6.07, 6.45) is 4.41. The minimum Gasteiger partial charge on any atom is -0.300 e. The van der Waals surface area contributed by atoms with Crippen molar-refractivity contribution in [2.45, 2.75) is 58.5 Å². The number of nitrogens with zero attached hydrogens (tertiary/aromatic N) is 1. The summed E-state index contributed by atoms with van der Waals surface area (Å²) >= 11 is 0. The molecule has 0 amide bonds. The van der Waals surface area contributed by atoms with Crippen molar-refractivity contribution in [3.05, 3.63) is 0 Å². The molecule has 1 heterocycles. The Morgan fingerprint density at radius 2 is 2.23 bits per heavy atom. The molecule has 76 valence electrons. The van der Waals surface area contributed by atoms with Gasteiger partial charge < -0.3 is 4.79 Å². The first-order valence-corrected chi connectivity index (χ1v) is 5.36. The molecule has 0 aromatic carbocycles. The normalized spacial score (nSPS) is 24.2. The van der Waals surface area contributed by atoms with E-state index in [0.29, 0.717) is 17.9 Å². The third-order valence-corrected chi connectivity index (χ3v) is 2.92. The Kier molecular flexibility index (Phi) is 3.91. The van der Waals surface area contributed by atoms with Gasteiger partial charge in [-0.25, -0.2) is 0 Å². The SMILES string of the molecule is CC(=O)CC[C@@H]1CCCN1C(C)C. The van der Waals surface area contributed by atoms with Crippen molar-refractivity contribution in [3.63, 3.8) is 0 Å². The highest BCUT2D eigenvalue weighted by atomic mass is 16.1. The van der Waals surface area contributed by atoms with Crippen LogP contribution in [-0.4, -0.2) is 29.3 Å². The average molecular weight is 183 g/mol. The van der Waals surface area contributed by atoms with Crippen LogP contribution < -0.4 is 0 Å². The Morgan fingerprint density at radius 3 is 2.77 bits per heavy atom. The number of carbonyl (C=O) groups excluding carboxylic acids is 1. The summed E-state index contributed by atoms with van der Waals surface area (Å²) in [6, 6.07) is 1.31. The number of carbonyl (C=O) groups is 1. The van der Waals surface area contributed by atoms with Crippen LogP contribution in [0.25, 0.3) is 0 Å². The van der Waals surface area contributed by atoms with Gasteiger partial charge in [0, 0.05) is 18.5 Å². The topological polar surface area (TPSA) is 20.3 Å². The van der Waals surface area contributed by atoms with E-state index in [1.54, 1.807) is 6.92 Å². The third kappa shape index (κ3) is 3.11. The zero-order valence-electron chi connectivity index (χ0n) is 9.05. The molecule has 13 heavy (non-hydrogen) atoms. The van der Waals surface area contributed by atoms with Crippen LogP contribution in [0, 0.1) is 0 Å². The molecule has 2 heteroatoms. The fourth-order valence-corrected chi connectivity index (χ4v) is 2.22. The molecule has 0 saturated carbocycles. The molecule has 2 nitrogen and oxygen atoms in total. The van der Waals surface area contributed by atoms with Crippen LogP contribution in [-0.2, 0) is 4.79 Å². The van der Waals surface area contributed by atoms with Gasteiger partial charge in [0.15, 0.2) is 0 Å². The van der Waals surface area contributed by atoms with Crippen LogP contribution in [0.1, 0.15) is 46.5 Å². The Bertz CT molecular complexity index is 177. The molecule has 0 aromatic rings. The first-order chi connectivity index (χ1) is 6.11. The van der Waals surface area contributed by atoms with Crippen LogP contribution in [0.15, 0.2) is 0 Å². The largest absolute Gasteiger partial charge is 0.300 e. The second-order valence-corrected chi connectivity index (χ2v) is 4.37. The predicted molar refractivity (Wildman–Crippen MR) is 54.8 cm³/mol. The van der Waals surface area contributed by atoms with Gasteiger partial charge >= 0.3 is 0 Å². The average Bonchev–Trinajstić information content (AvgIpc) is 2.47. The number of ketones is 1. The molecule has 0 unspecified atom stereocenters. The molecule has 1 fully saturated rings. The lowest BCUT2D eigenvalue weighted by atomic mass is 10.1. The fraction of sp³-hybridized carbons (Fsp3) is 0.909. The summed E-state index contributed by atoms with van der Waals surface area (Å²) in [4.78, 5) is 13.4. The molecule has 0 radical (unpaired) electrons. The molecular formula is C11H21NO. The number of Topliss-reactive ketones (excluding diaryl/α,β-unsaturated/α-hetero) is 1. The molecule has 0 aliphatic carbocycles. The lowest BCUT2D eigenvalue weighted by Crippen LogP contribution is -2.35. The molecular weight excluding hydrogens is 162 g/mol. The predicted octanol–water partition coefficient (Wildman–Crippen LogP) is 2.23. The van der Waals surface area contributed by atoms with Gasteiger partial charge in [0.05, 0.1) is 0 Å². The minimum absolute atomic E-state index is 0.329. The van der Waals surface area contributed by atoms with Crippen molar-refractivity contribution < 1.29 is 4.79 Å². The molecule has 1 aliphatic heterocycles. The van der Waals surface area contributed by atoms with Gasteiger partial charge in [0.25, 0.3) is 0 Å². The standard InChI is InChI=1S/C11H21NO/c1-9(2)12-8-4-5-11(12)7-6-10(3)13/h9,11H,4-8H2,1-3H3/t11-/m0/s1. The Labute approximate surface area is 81.3 Å². The summed E-state index contributed by atoms with van der Waals surface area (Å²) in [5.41, 5.74) is 0. The lowest BCUT2D eigenvalue weighted by Gasteiger charge is -2.27. The summed E-state index contributed by atoms with van der Waals surface area (Å²) in [7, 11) is 0. The quantitative estimate of drug-likeness (QED) is 0.666. The van der Waals surface area contributed by atoms with Crippen molar-refractivity contribution in [1.29, 1.82) is 0 Å². The van der Waals surface area contributed by atoms with E-state index in [-0.39, 0.29) is 0 Å². The van der Waals surface area contributed by atoms with E-state index in [1.165, 1.54) is 19.4 Å². The van der Waals surface area contributed by atoms with Gasteiger partial charge in [-0.1, -0.05) is 0 Å². The molecule has 0 aromatic heterocycles. The van der Waals surface area contributed by atoms with Crippen molar-refractivity contribution in [1.82, 2.24) is 4.90 Å². The van der Waals surface area contributed by atoms with Crippen molar-refractivity contribution in [2.24, 2.45) is 0 Å². The summed E-state index contributed by atoms with van der Waals surface area (Å²) < 4.78 is 0. The Hall–Kier alpha value is -0.370. The van der Waals surface area contributed by atoms with Crippen LogP contribution in [0.5, 0.6) is 0 Å². The molecule has 0 N–H and O–H groups in total. The maximum atomic E-state index is 10.9. The van der Waals surface area contributed by atoms with E-state index in [1.807, 2.05) is 0 Å². The molecule has 0 bridgehead atoms. The van der Waals surface area contributed by atoms with Gasteiger partial charge in [-0.15, -0.1) is 0 Å². The first-order valence-electron chi connectivity index (χ1n) is 5.36. The van der Waals surface area contributed by atoms with E-state index < -0.39 is 0 Å². The molecule has 1 saturated heterocycles. The second kappa shape index (κ2) is 4.75. The number of rotatable bonds is 4. The highest BCUT2D eigenvalue weighted by Gasteiger charge is 2.25. The highest BCUT2D eigenvalue weighted by Crippen LogP contribution is 2.23. The van der Waals surface area contributed by atoms with Crippen LogP contribution >= 0.6 is 0 Å². The maximum absolute atomic E-state index is 10.9. The third-order valence-electron chi connectivity index (χ3n) is 2.92. The van der Waals surface area contributed by atoms with Crippen molar-refractivity contribution >= 4 is 5.78 Å². The summed E-state index contributed by atoms with van der Waals surface area (Å²) in [5, 5.41) is 0. The summed E-state index contributed by atoms with van der Waals surface area (Å²) in [6.45, 7) is 7.40. The molecule has 1 rings (SSSR count). The van der Waals surface area contributed by atoms with E-state index in [4.69, 9.17) is 0 Å². The zero-order valence-corrected chi connectivity index (χ0v) is 9.05. The van der Waals surface area contributed by atoms with Crippen molar-refractivity contribution in [3.8, 4) is 0 Å². The number of hydrogen-bond acceptors (Lipinski definition) is 2. The van der Waals surface area contributed by atoms with E-state index >= 15 is 0 Å². The summed E-state index contributed by atoms with van der Waals surface area (Å²) in [5.74, 6) is 0.329. The van der Waals surface area contributed by atoms with Crippen LogP contribution in [0.3, 0.4) is 0 Å². The first kappa shape index (κ1) is 10.7. The molecule has 1 atom stereocenters. The minimum atomic E-state index is 0.329. The smallest absolute Gasteiger partial charge is 0.129 e. The highest BCUT2D eigenvalue weighted by molar-refractivity contribution is 5.75. The second-order valence-electron chi connectivity index (χ2n) is 4.37. The fourth-order valence-electron chi connectivity index (χ4n) is 2.22. The van der Waals surface area contributed by atoms with Gasteiger partial charge in [-0.3, -0.25) is 4.90 Å². The van der Waals surface area contributed by atoms with E-state index in [2.05, 4.69) is 18.7 Å². The van der Waals surface area contributed by atoms with E-state index in [9.17, 15) is 4.79 Å². The van der Waals surface area contributed by atoms with Gasteiger partial charge in [-0.2, -0.15) is 0 Å². The molecule has 0 spiro atoms. The monoisotopic (exact) mass is 183 g/mol. The lowest BCUT2D eigenvalue weighted by molar-refractivity contribution is -0.117.